The van der Waals surface area contributed by atoms with Gasteiger partial charge in [-0.2, -0.15) is 0 Å². The molecule has 1 aliphatic rings. The fourth-order valence-electron chi connectivity index (χ4n) is 2.80. The Labute approximate surface area is 143 Å². The topological polar surface area (TPSA) is 71.0 Å². The summed E-state index contributed by atoms with van der Waals surface area (Å²) in [5.41, 5.74) is 0.847. The summed E-state index contributed by atoms with van der Waals surface area (Å²) in [5.74, 6) is 1.37. The number of hydrogen-bond acceptors (Lipinski definition) is 6. The molecule has 0 spiro atoms. The van der Waals surface area contributed by atoms with Gasteiger partial charge in [-0.05, 0) is 31.0 Å². The number of amides is 1. The van der Waals surface area contributed by atoms with Crippen LogP contribution in [-0.4, -0.2) is 33.9 Å². The van der Waals surface area contributed by atoms with Gasteiger partial charge in [-0.3, -0.25) is 4.79 Å². The highest BCUT2D eigenvalue weighted by Gasteiger charge is 2.15. The molecule has 0 atom stereocenters. The minimum atomic E-state index is -0.189. The number of rotatable bonds is 4. The highest BCUT2D eigenvalue weighted by Crippen LogP contribution is 2.21. The van der Waals surface area contributed by atoms with Crippen molar-refractivity contribution in [2.45, 2.75) is 19.4 Å². The second-order valence-corrected chi connectivity index (χ2v) is 6.73. The van der Waals surface area contributed by atoms with E-state index in [2.05, 4.69) is 25.2 Å². The van der Waals surface area contributed by atoms with E-state index in [-0.39, 0.29) is 5.91 Å². The molecule has 1 amide bonds. The molecule has 3 heterocycles. The standard InChI is InChI=1S/C17H17N5OS/c23-16(17-20-12-5-1-2-6-13(12)24-17)19-11-14-18-8-7-15(21-14)22-9-3-4-10-22/h1-2,5-8H,3-4,9-11H2,(H,19,23). The molecular weight excluding hydrogens is 322 g/mol. The Morgan fingerprint density at radius 1 is 1.17 bits per heavy atom. The second kappa shape index (κ2) is 6.52. The van der Waals surface area contributed by atoms with Gasteiger partial charge < -0.3 is 10.2 Å². The SMILES string of the molecule is O=C(NCc1nccc(N2CCCC2)n1)c1nc2ccccc2s1. The van der Waals surface area contributed by atoms with E-state index in [9.17, 15) is 4.79 Å². The third kappa shape index (κ3) is 3.07. The lowest BCUT2D eigenvalue weighted by Gasteiger charge is -2.16. The fraction of sp³-hybridized carbons (Fsp3) is 0.294. The zero-order chi connectivity index (χ0) is 16.4. The van der Waals surface area contributed by atoms with Crippen molar-refractivity contribution in [3.05, 3.63) is 47.4 Å². The van der Waals surface area contributed by atoms with E-state index in [4.69, 9.17) is 0 Å². The average Bonchev–Trinajstić information content (AvgIpc) is 3.29. The number of anilines is 1. The molecule has 0 saturated carbocycles. The maximum absolute atomic E-state index is 12.3. The molecule has 0 bridgehead atoms. The van der Waals surface area contributed by atoms with Gasteiger partial charge in [-0.25, -0.2) is 15.0 Å². The van der Waals surface area contributed by atoms with Gasteiger partial charge >= 0.3 is 0 Å². The Balaban J connectivity index is 1.44. The van der Waals surface area contributed by atoms with Gasteiger partial charge in [-0.15, -0.1) is 11.3 Å². The maximum Gasteiger partial charge on any atom is 0.280 e. The van der Waals surface area contributed by atoms with Crippen molar-refractivity contribution in [2.24, 2.45) is 0 Å². The van der Waals surface area contributed by atoms with Gasteiger partial charge in [0, 0.05) is 19.3 Å². The Hall–Kier alpha value is -2.54. The Kier molecular flexibility index (Phi) is 4.08. The molecule has 1 saturated heterocycles. The maximum atomic E-state index is 12.3. The zero-order valence-corrected chi connectivity index (χ0v) is 13.9. The first-order valence-corrected chi connectivity index (χ1v) is 8.82. The van der Waals surface area contributed by atoms with Crippen LogP contribution in [0.2, 0.25) is 0 Å². The summed E-state index contributed by atoms with van der Waals surface area (Å²) in [5, 5.41) is 3.32. The Morgan fingerprint density at radius 2 is 2.00 bits per heavy atom. The minimum absolute atomic E-state index is 0.189. The van der Waals surface area contributed by atoms with E-state index in [1.807, 2.05) is 30.3 Å². The molecule has 6 nitrogen and oxygen atoms in total. The molecule has 0 unspecified atom stereocenters. The van der Waals surface area contributed by atoms with E-state index in [1.165, 1.54) is 24.2 Å². The molecule has 122 valence electrons. The highest BCUT2D eigenvalue weighted by molar-refractivity contribution is 7.20. The summed E-state index contributed by atoms with van der Waals surface area (Å²) in [6, 6.07) is 9.66. The molecule has 1 aliphatic heterocycles. The van der Waals surface area contributed by atoms with Crippen LogP contribution < -0.4 is 10.2 Å². The molecule has 2 aromatic heterocycles. The summed E-state index contributed by atoms with van der Waals surface area (Å²) in [7, 11) is 0. The van der Waals surface area contributed by atoms with Gasteiger partial charge in [0.15, 0.2) is 5.01 Å². The highest BCUT2D eigenvalue weighted by atomic mass is 32.1. The van der Waals surface area contributed by atoms with Gasteiger partial charge in [0.05, 0.1) is 16.8 Å². The normalized spacial score (nSPS) is 14.2. The van der Waals surface area contributed by atoms with Crippen molar-refractivity contribution in [3.8, 4) is 0 Å². The van der Waals surface area contributed by atoms with E-state index >= 15 is 0 Å². The molecule has 4 rings (SSSR count). The van der Waals surface area contributed by atoms with Crippen LogP contribution in [0.15, 0.2) is 36.5 Å². The summed E-state index contributed by atoms with van der Waals surface area (Å²) in [6.07, 6.45) is 4.15. The summed E-state index contributed by atoms with van der Waals surface area (Å²) >= 11 is 1.39. The van der Waals surface area contributed by atoms with Crippen LogP contribution in [0, 0.1) is 0 Å². The predicted molar refractivity (Wildman–Crippen MR) is 94.3 cm³/mol. The van der Waals surface area contributed by atoms with Gasteiger partial charge in [0.1, 0.15) is 11.6 Å². The largest absolute Gasteiger partial charge is 0.357 e. The van der Waals surface area contributed by atoms with Gasteiger partial charge in [-0.1, -0.05) is 12.1 Å². The third-order valence-corrected chi connectivity index (χ3v) is 5.05. The number of hydrogen-bond donors (Lipinski definition) is 1. The first kappa shape index (κ1) is 15.0. The molecule has 0 radical (unpaired) electrons. The lowest BCUT2D eigenvalue weighted by molar-refractivity contribution is 0.0949. The Bertz CT molecular complexity index is 839. The summed E-state index contributed by atoms with van der Waals surface area (Å²) in [6.45, 7) is 2.37. The van der Waals surface area contributed by atoms with Crippen LogP contribution in [0.4, 0.5) is 5.82 Å². The number of carbonyl (C=O) groups excluding carboxylic acids is 1. The third-order valence-electron chi connectivity index (χ3n) is 4.02. The smallest absolute Gasteiger partial charge is 0.280 e. The van der Waals surface area contributed by atoms with Crippen molar-refractivity contribution >= 4 is 33.3 Å². The van der Waals surface area contributed by atoms with Crippen LogP contribution in [0.1, 0.15) is 28.5 Å². The first-order chi connectivity index (χ1) is 11.8. The molecule has 1 aromatic carbocycles. The van der Waals surface area contributed by atoms with Crippen molar-refractivity contribution in [3.63, 3.8) is 0 Å². The lowest BCUT2D eigenvalue weighted by atomic mass is 10.3. The van der Waals surface area contributed by atoms with Gasteiger partial charge in [0.2, 0.25) is 0 Å². The van der Waals surface area contributed by atoms with E-state index in [0.29, 0.717) is 17.4 Å². The van der Waals surface area contributed by atoms with E-state index in [1.54, 1.807) is 6.20 Å². The Morgan fingerprint density at radius 3 is 2.83 bits per heavy atom. The van der Waals surface area contributed by atoms with Crippen molar-refractivity contribution in [2.75, 3.05) is 18.0 Å². The molecule has 24 heavy (non-hydrogen) atoms. The number of nitrogens with zero attached hydrogens (tertiary/aromatic N) is 4. The molecular formula is C17H17N5OS. The van der Waals surface area contributed by atoms with Crippen molar-refractivity contribution < 1.29 is 4.79 Å². The van der Waals surface area contributed by atoms with Crippen molar-refractivity contribution in [1.29, 1.82) is 0 Å². The molecule has 1 fully saturated rings. The number of thiazole rings is 1. The molecule has 1 N–H and O–H groups in total. The summed E-state index contributed by atoms with van der Waals surface area (Å²) < 4.78 is 1.01. The first-order valence-electron chi connectivity index (χ1n) is 8.00. The predicted octanol–water partition coefficient (Wildman–Crippen LogP) is 2.62. The van der Waals surface area contributed by atoms with Gasteiger partial charge in [0.25, 0.3) is 5.91 Å². The fourth-order valence-corrected chi connectivity index (χ4v) is 3.68. The monoisotopic (exact) mass is 339 g/mol. The number of para-hydroxylation sites is 1. The number of nitrogens with one attached hydrogen (secondary N) is 1. The number of benzene rings is 1. The molecule has 0 aliphatic carbocycles. The minimum Gasteiger partial charge on any atom is -0.357 e. The van der Waals surface area contributed by atoms with Crippen LogP contribution >= 0.6 is 11.3 Å². The van der Waals surface area contributed by atoms with Crippen LogP contribution in [0.3, 0.4) is 0 Å². The van der Waals surface area contributed by atoms with Crippen LogP contribution in [-0.2, 0) is 6.54 Å². The molecule has 3 aromatic rings. The van der Waals surface area contributed by atoms with E-state index in [0.717, 1.165) is 29.1 Å². The number of fused-ring (bicyclic) bond motifs is 1. The summed E-state index contributed by atoms with van der Waals surface area (Å²) in [4.78, 5) is 27.7. The number of aromatic nitrogens is 3. The van der Waals surface area contributed by atoms with Crippen LogP contribution in [0.25, 0.3) is 10.2 Å². The van der Waals surface area contributed by atoms with Crippen LogP contribution in [0.5, 0.6) is 0 Å². The average molecular weight is 339 g/mol. The zero-order valence-electron chi connectivity index (χ0n) is 13.1. The van der Waals surface area contributed by atoms with Crippen molar-refractivity contribution in [1.82, 2.24) is 20.3 Å². The quantitative estimate of drug-likeness (QED) is 0.791. The second-order valence-electron chi connectivity index (χ2n) is 5.69. The lowest BCUT2D eigenvalue weighted by Crippen LogP contribution is -2.25. The molecule has 7 heteroatoms. The van der Waals surface area contributed by atoms with E-state index < -0.39 is 0 Å². The number of carbonyl (C=O) groups is 1.